The second-order valence-corrected chi connectivity index (χ2v) is 2.39. The van der Waals surface area contributed by atoms with E-state index >= 15 is 0 Å². The summed E-state index contributed by atoms with van der Waals surface area (Å²) in [4.78, 5) is 4.30. The van der Waals surface area contributed by atoms with Crippen molar-refractivity contribution in [2.45, 2.75) is 12.5 Å². The van der Waals surface area contributed by atoms with Crippen LogP contribution in [0.3, 0.4) is 0 Å². The van der Waals surface area contributed by atoms with E-state index in [9.17, 15) is 0 Å². The van der Waals surface area contributed by atoms with Gasteiger partial charge >= 0.3 is 0 Å². The lowest BCUT2D eigenvalue weighted by Crippen LogP contribution is -2.27. The Balaban J connectivity index is 2.32. The molecule has 0 saturated carbocycles. The highest BCUT2D eigenvalue weighted by Gasteiger charge is 2.13. The molecule has 1 heterocycles. The summed E-state index contributed by atoms with van der Waals surface area (Å²) in [7, 11) is 0. The third-order valence-corrected chi connectivity index (χ3v) is 1.57. The Morgan fingerprint density at radius 3 is 2.90 bits per heavy atom. The molecule has 0 aliphatic carbocycles. The SMILES string of the molecule is NCC[C@H]1CNC(CN)=N1. The molecule has 1 rings (SSSR count). The Hall–Kier alpha value is -0.610. The van der Waals surface area contributed by atoms with E-state index in [1.807, 2.05) is 0 Å². The lowest BCUT2D eigenvalue weighted by molar-refractivity contribution is 0.644. The Labute approximate surface area is 60.7 Å². The summed E-state index contributed by atoms with van der Waals surface area (Å²) in [5.74, 6) is 0.915. The fourth-order valence-corrected chi connectivity index (χ4v) is 1.03. The van der Waals surface area contributed by atoms with Gasteiger partial charge in [-0.2, -0.15) is 0 Å². The van der Waals surface area contributed by atoms with Crippen LogP contribution in [-0.2, 0) is 0 Å². The quantitative estimate of drug-likeness (QED) is 0.456. The van der Waals surface area contributed by atoms with Crippen LogP contribution in [0.2, 0.25) is 0 Å². The molecule has 4 nitrogen and oxygen atoms in total. The Bertz CT molecular complexity index is 132. The molecule has 58 valence electrons. The number of nitrogens with two attached hydrogens (primary N) is 2. The van der Waals surface area contributed by atoms with Gasteiger partial charge in [0, 0.05) is 6.54 Å². The van der Waals surface area contributed by atoms with Gasteiger partial charge in [0.05, 0.1) is 12.6 Å². The van der Waals surface area contributed by atoms with Gasteiger partial charge in [0.25, 0.3) is 0 Å². The van der Waals surface area contributed by atoms with E-state index in [-0.39, 0.29) is 0 Å². The van der Waals surface area contributed by atoms with Gasteiger partial charge in [-0.25, -0.2) is 0 Å². The third kappa shape index (κ3) is 1.68. The molecule has 4 heteroatoms. The van der Waals surface area contributed by atoms with Crippen molar-refractivity contribution in [2.24, 2.45) is 16.5 Å². The number of hydrogen-bond donors (Lipinski definition) is 3. The zero-order valence-electron chi connectivity index (χ0n) is 6.01. The highest BCUT2D eigenvalue weighted by molar-refractivity contribution is 5.85. The zero-order chi connectivity index (χ0) is 7.40. The molecule has 5 N–H and O–H groups in total. The first-order chi connectivity index (χ1) is 4.86. The van der Waals surface area contributed by atoms with Crippen LogP contribution in [0.15, 0.2) is 4.99 Å². The fraction of sp³-hybridized carbons (Fsp3) is 0.833. The van der Waals surface area contributed by atoms with Crippen molar-refractivity contribution in [3.8, 4) is 0 Å². The minimum Gasteiger partial charge on any atom is -0.371 e. The molecule has 0 aromatic carbocycles. The van der Waals surface area contributed by atoms with Crippen LogP contribution in [0, 0.1) is 0 Å². The van der Waals surface area contributed by atoms with Crippen LogP contribution in [0.1, 0.15) is 6.42 Å². The van der Waals surface area contributed by atoms with Crippen molar-refractivity contribution >= 4 is 5.84 Å². The molecule has 0 amide bonds. The van der Waals surface area contributed by atoms with Crippen LogP contribution in [0.25, 0.3) is 0 Å². The lowest BCUT2D eigenvalue weighted by atomic mass is 10.2. The van der Waals surface area contributed by atoms with Crippen LogP contribution in [-0.4, -0.2) is 31.5 Å². The smallest absolute Gasteiger partial charge is 0.111 e. The molecular weight excluding hydrogens is 128 g/mol. The largest absolute Gasteiger partial charge is 0.371 e. The standard InChI is InChI=1S/C6H14N4/c7-2-1-5-4-9-6(3-8)10-5/h5H,1-4,7-8H2,(H,9,10)/t5-/m0/s1. The van der Waals surface area contributed by atoms with Gasteiger partial charge in [-0.05, 0) is 13.0 Å². The zero-order valence-corrected chi connectivity index (χ0v) is 6.01. The summed E-state index contributed by atoms with van der Waals surface area (Å²) >= 11 is 0. The van der Waals surface area contributed by atoms with Crippen LogP contribution in [0.5, 0.6) is 0 Å². The van der Waals surface area contributed by atoms with Gasteiger partial charge in [0.1, 0.15) is 5.84 Å². The van der Waals surface area contributed by atoms with Crippen LogP contribution in [0.4, 0.5) is 0 Å². The Morgan fingerprint density at radius 1 is 1.60 bits per heavy atom. The molecule has 0 spiro atoms. The topological polar surface area (TPSA) is 76.4 Å². The molecule has 10 heavy (non-hydrogen) atoms. The summed E-state index contributed by atoms with van der Waals surface area (Å²) in [6, 6.07) is 0.364. The first-order valence-electron chi connectivity index (χ1n) is 3.57. The Kier molecular flexibility index (Phi) is 2.65. The summed E-state index contributed by atoms with van der Waals surface area (Å²) in [6.07, 6.45) is 0.955. The number of hydrogen-bond acceptors (Lipinski definition) is 4. The lowest BCUT2D eigenvalue weighted by Gasteiger charge is -2.00. The molecule has 1 aliphatic heterocycles. The molecule has 0 bridgehead atoms. The minimum atomic E-state index is 0.364. The van der Waals surface area contributed by atoms with Crippen LogP contribution >= 0.6 is 0 Å². The molecular formula is C6H14N4. The first-order valence-corrected chi connectivity index (χ1v) is 3.57. The molecule has 1 aliphatic rings. The van der Waals surface area contributed by atoms with Crippen molar-refractivity contribution in [3.05, 3.63) is 0 Å². The van der Waals surface area contributed by atoms with Gasteiger partial charge in [-0.1, -0.05) is 0 Å². The summed E-state index contributed by atoms with van der Waals surface area (Å²) in [6.45, 7) is 2.12. The Morgan fingerprint density at radius 2 is 2.40 bits per heavy atom. The van der Waals surface area contributed by atoms with Gasteiger partial charge in [-0.15, -0.1) is 0 Å². The summed E-state index contributed by atoms with van der Waals surface area (Å²) in [5, 5.41) is 3.11. The molecule has 0 aromatic rings. The second kappa shape index (κ2) is 3.53. The van der Waals surface area contributed by atoms with E-state index in [0.717, 1.165) is 18.8 Å². The van der Waals surface area contributed by atoms with Crippen molar-refractivity contribution in [2.75, 3.05) is 19.6 Å². The predicted molar refractivity (Wildman–Crippen MR) is 42.0 cm³/mol. The molecule has 0 fully saturated rings. The maximum atomic E-state index is 5.37. The highest BCUT2D eigenvalue weighted by atomic mass is 15.1. The number of nitrogens with zero attached hydrogens (tertiary/aromatic N) is 1. The fourth-order valence-electron chi connectivity index (χ4n) is 1.03. The third-order valence-electron chi connectivity index (χ3n) is 1.57. The van der Waals surface area contributed by atoms with Crippen molar-refractivity contribution in [3.63, 3.8) is 0 Å². The van der Waals surface area contributed by atoms with E-state index < -0.39 is 0 Å². The molecule has 1 atom stereocenters. The second-order valence-electron chi connectivity index (χ2n) is 2.39. The summed E-state index contributed by atoms with van der Waals surface area (Å²) < 4.78 is 0. The monoisotopic (exact) mass is 142 g/mol. The number of nitrogens with one attached hydrogen (secondary N) is 1. The van der Waals surface area contributed by atoms with Crippen molar-refractivity contribution in [1.82, 2.24) is 5.32 Å². The van der Waals surface area contributed by atoms with Gasteiger partial charge in [-0.3, -0.25) is 4.99 Å². The minimum absolute atomic E-state index is 0.364. The number of aliphatic imine (C=N–C) groups is 1. The van der Waals surface area contributed by atoms with E-state index in [2.05, 4.69) is 10.3 Å². The maximum absolute atomic E-state index is 5.37. The average Bonchev–Trinajstić information content (AvgIpc) is 2.37. The predicted octanol–water partition coefficient (Wildman–Crippen LogP) is -1.34. The first kappa shape index (κ1) is 7.50. The maximum Gasteiger partial charge on any atom is 0.111 e. The molecule has 0 unspecified atom stereocenters. The van der Waals surface area contributed by atoms with Crippen molar-refractivity contribution in [1.29, 1.82) is 0 Å². The number of rotatable bonds is 3. The molecule has 0 radical (unpaired) electrons. The van der Waals surface area contributed by atoms with E-state index in [1.54, 1.807) is 0 Å². The molecule has 0 saturated heterocycles. The van der Waals surface area contributed by atoms with Crippen molar-refractivity contribution < 1.29 is 0 Å². The highest BCUT2D eigenvalue weighted by Crippen LogP contribution is 2.00. The van der Waals surface area contributed by atoms with Gasteiger partial charge < -0.3 is 16.8 Å². The average molecular weight is 142 g/mol. The number of amidine groups is 1. The van der Waals surface area contributed by atoms with Gasteiger partial charge in [0.15, 0.2) is 0 Å². The van der Waals surface area contributed by atoms with E-state index in [4.69, 9.17) is 11.5 Å². The van der Waals surface area contributed by atoms with E-state index in [0.29, 0.717) is 19.1 Å². The normalized spacial score (nSPS) is 24.2. The molecule has 0 aromatic heterocycles. The van der Waals surface area contributed by atoms with E-state index in [1.165, 1.54) is 0 Å². The van der Waals surface area contributed by atoms with Crippen LogP contribution < -0.4 is 16.8 Å². The van der Waals surface area contributed by atoms with Gasteiger partial charge in [0.2, 0.25) is 0 Å². The summed E-state index contributed by atoms with van der Waals surface area (Å²) in [5.41, 5.74) is 10.7.